The Morgan fingerprint density at radius 1 is 0.968 bits per heavy atom. The summed E-state index contributed by atoms with van der Waals surface area (Å²) < 4.78 is 10.2. The molecule has 0 spiro atoms. The lowest BCUT2D eigenvalue weighted by Gasteiger charge is -2.36. The number of carbonyl (C=O) groups excluding carboxylic acids is 2. The van der Waals surface area contributed by atoms with Crippen LogP contribution in [0.4, 0.5) is 11.4 Å². The first-order valence-electron chi connectivity index (χ1n) is 9.54. The predicted octanol–water partition coefficient (Wildman–Crippen LogP) is 3.62. The summed E-state index contributed by atoms with van der Waals surface area (Å²) in [7, 11) is 0. The van der Waals surface area contributed by atoms with Crippen molar-refractivity contribution in [3.63, 3.8) is 0 Å². The number of hydrogen-bond acceptors (Lipinski definition) is 6. The zero-order valence-electron chi connectivity index (χ0n) is 16.3. The Kier molecular flexibility index (Phi) is 6.24. The predicted molar refractivity (Wildman–Crippen MR) is 121 cm³/mol. The molecule has 0 unspecified atom stereocenters. The van der Waals surface area contributed by atoms with Crippen molar-refractivity contribution in [3.05, 3.63) is 71.5 Å². The first-order valence-corrected chi connectivity index (χ1v) is 10.3. The van der Waals surface area contributed by atoms with Crippen LogP contribution in [0.2, 0.25) is 5.02 Å². The highest BCUT2D eigenvalue weighted by atomic mass is 35.5. The fraction of sp³-hybridized carbons (Fsp3) is 0.190. The van der Waals surface area contributed by atoms with Crippen LogP contribution in [-0.2, 0) is 0 Å². The van der Waals surface area contributed by atoms with Gasteiger partial charge in [-0.15, -0.1) is 0 Å². The molecule has 8 nitrogen and oxygen atoms in total. The van der Waals surface area contributed by atoms with E-state index in [9.17, 15) is 9.59 Å². The van der Waals surface area contributed by atoms with E-state index in [-0.39, 0.29) is 16.8 Å². The smallest absolute Gasteiger partial charge is 0.293 e. The number of halogens is 1. The summed E-state index contributed by atoms with van der Waals surface area (Å²) in [5, 5.41) is 6.15. The molecule has 0 atom stereocenters. The van der Waals surface area contributed by atoms with Gasteiger partial charge in [0, 0.05) is 31.9 Å². The van der Waals surface area contributed by atoms with Crippen LogP contribution in [0, 0.1) is 0 Å². The summed E-state index contributed by atoms with van der Waals surface area (Å²) >= 11 is 11.7. The van der Waals surface area contributed by atoms with Gasteiger partial charge in [0.05, 0.1) is 23.2 Å². The van der Waals surface area contributed by atoms with Gasteiger partial charge in [0.15, 0.2) is 16.6 Å². The van der Waals surface area contributed by atoms with E-state index >= 15 is 0 Å². The molecule has 1 aliphatic rings. The Hall–Kier alpha value is -3.30. The molecule has 0 saturated carbocycles. The molecule has 0 bridgehead atoms. The fourth-order valence-electron chi connectivity index (χ4n) is 3.28. The van der Waals surface area contributed by atoms with Crippen LogP contribution in [0.5, 0.6) is 0 Å². The number of hydrogen-bond donors (Lipinski definition) is 2. The Balaban J connectivity index is 1.33. The summed E-state index contributed by atoms with van der Waals surface area (Å²) in [6, 6.07) is 12.0. The van der Waals surface area contributed by atoms with Gasteiger partial charge in [-0.3, -0.25) is 14.9 Å². The first-order chi connectivity index (χ1) is 15.0. The number of amides is 2. The third kappa shape index (κ3) is 4.89. The summed E-state index contributed by atoms with van der Waals surface area (Å²) in [6.45, 7) is 2.44. The fourth-order valence-corrected chi connectivity index (χ4v) is 3.79. The zero-order valence-corrected chi connectivity index (χ0v) is 17.9. The number of furan rings is 2. The Labute approximate surface area is 188 Å². The van der Waals surface area contributed by atoms with Crippen molar-refractivity contribution in [1.29, 1.82) is 0 Å². The number of thiocarbonyl (C=S) groups is 1. The topological polar surface area (TPSA) is 91.0 Å². The van der Waals surface area contributed by atoms with Gasteiger partial charge in [0.1, 0.15) is 0 Å². The van der Waals surface area contributed by atoms with E-state index in [1.54, 1.807) is 35.2 Å². The molecule has 31 heavy (non-hydrogen) atoms. The van der Waals surface area contributed by atoms with Gasteiger partial charge < -0.3 is 24.0 Å². The average Bonchev–Trinajstić information content (AvgIpc) is 3.48. The Bertz CT molecular complexity index is 1080. The van der Waals surface area contributed by atoms with Gasteiger partial charge in [-0.05, 0) is 54.7 Å². The maximum Gasteiger partial charge on any atom is 0.293 e. The van der Waals surface area contributed by atoms with Crippen LogP contribution >= 0.6 is 23.8 Å². The van der Waals surface area contributed by atoms with Crippen LogP contribution in [0.15, 0.2) is 63.8 Å². The highest BCUT2D eigenvalue weighted by molar-refractivity contribution is 7.80. The van der Waals surface area contributed by atoms with Gasteiger partial charge >= 0.3 is 0 Å². The van der Waals surface area contributed by atoms with Crippen LogP contribution in [0.3, 0.4) is 0 Å². The summed E-state index contributed by atoms with van der Waals surface area (Å²) in [6.07, 6.45) is 2.91. The molecule has 2 amide bonds. The molecule has 0 aliphatic carbocycles. The minimum Gasteiger partial charge on any atom is -0.459 e. The second-order valence-electron chi connectivity index (χ2n) is 6.81. The van der Waals surface area contributed by atoms with Crippen molar-refractivity contribution < 1.29 is 18.4 Å². The maximum atomic E-state index is 12.4. The quantitative estimate of drug-likeness (QED) is 0.577. The van der Waals surface area contributed by atoms with Crippen molar-refractivity contribution >= 4 is 52.1 Å². The second kappa shape index (κ2) is 9.23. The SMILES string of the molecule is O=C(NC(=S)Nc1ccc(N2CCN(C(=O)c3ccco3)CC2)c(Cl)c1)c1ccco1. The lowest BCUT2D eigenvalue weighted by molar-refractivity contribution is 0.0714. The third-order valence-electron chi connectivity index (χ3n) is 4.82. The normalized spacial score (nSPS) is 13.7. The van der Waals surface area contributed by atoms with Crippen LogP contribution in [0.25, 0.3) is 0 Å². The van der Waals surface area contributed by atoms with Gasteiger partial charge in [-0.2, -0.15) is 0 Å². The Morgan fingerprint density at radius 3 is 2.26 bits per heavy atom. The number of nitrogens with zero attached hydrogens (tertiary/aromatic N) is 2. The van der Waals surface area contributed by atoms with Crippen molar-refractivity contribution in [1.82, 2.24) is 10.2 Å². The molecule has 1 fully saturated rings. The molecule has 10 heteroatoms. The van der Waals surface area contributed by atoms with Gasteiger partial charge in [-0.25, -0.2) is 0 Å². The molecule has 1 saturated heterocycles. The number of benzene rings is 1. The lowest BCUT2D eigenvalue weighted by Crippen LogP contribution is -2.48. The number of rotatable bonds is 4. The van der Waals surface area contributed by atoms with Crippen molar-refractivity contribution in [2.45, 2.75) is 0 Å². The molecule has 1 aromatic carbocycles. The van der Waals surface area contributed by atoms with Crippen LogP contribution in [-0.4, -0.2) is 48.0 Å². The van der Waals surface area contributed by atoms with Gasteiger partial charge in [-0.1, -0.05) is 11.6 Å². The second-order valence-corrected chi connectivity index (χ2v) is 7.62. The van der Waals surface area contributed by atoms with E-state index in [0.717, 1.165) is 5.69 Å². The standard InChI is InChI=1S/C21H19ClN4O4S/c22-15-13-14(23-21(31)24-19(27)17-3-1-11-29-17)5-6-16(15)25-7-9-26(10-8-25)20(28)18-4-2-12-30-18/h1-6,11-13H,7-10H2,(H2,23,24,27,31). The largest absolute Gasteiger partial charge is 0.459 e. The minimum absolute atomic E-state index is 0.111. The van der Waals surface area contributed by atoms with Crippen molar-refractivity contribution in [2.24, 2.45) is 0 Å². The molecule has 3 aromatic rings. The number of piperazine rings is 1. The lowest BCUT2D eigenvalue weighted by atomic mass is 10.2. The molecule has 2 N–H and O–H groups in total. The van der Waals surface area contributed by atoms with Gasteiger partial charge in [0.2, 0.25) is 0 Å². The third-order valence-corrected chi connectivity index (χ3v) is 5.32. The number of anilines is 2. The molecule has 2 aromatic heterocycles. The van der Waals surface area contributed by atoms with Gasteiger partial charge in [0.25, 0.3) is 11.8 Å². The van der Waals surface area contributed by atoms with E-state index in [1.807, 2.05) is 12.1 Å². The monoisotopic (exact) mass is 458 g/mol. The van der Waals surface area contributed by atoms with Crippen LogP contribution < -0.4 is 15.5 Å². The van der Waals surface area contributed by atoms with E-state index < -0.39 is 5.91 Å². The molecule has 160 valence electrons. The Morgan fingerprint density at radius 2 is 1.65 bits per heavy atom. The summed E-state index contributed by atoms with van der Waals surface area (Å²) in [4.78, 5) is 28.3. The van der Waals surface area contributed by atoms with E-state index in [2.05, 4.69) is 15.5 Å². The molecule has 1 aliphatic heterocycles. The highest BCUT2D eigenvalue weighted by Gasteiger charge is 2.24. The zero-order chi connectivity index (χ0) is 21.8. The summed E-state index contributed by atoms with van der Waals surface area (Å²) in [5.74, 6) is -0.0354. The molecule has 3 heterocycles. The first kappa shape index (κ1) is 21.0. The number of nitrogens with one attached hydrogen (secondary N) is 2. The molecular weight excluding hydrogens is 440 g/mol. The van der Waals surface area contributed by atoms with E-state index in [0.29, 0.717) is 42.6 Å². The molecule has 0 radical (unpaired) electrons. The van der Waals surface area contributed by atoms with Crippen LogP contribution in [0.1, 0.15) is 21.1 Å². The van der Waals surface area contributed by atoms with E-state index in [1.165, 1.54) is 12.5 Å². The van der Waals surface area contributed by atoms with E-state index in [4.69, 9.17) is 32.7 Å². The molecule has 4 rings (SSSR count). The maximum absolute atomic E-state index is 12.4. The minimum atomic E-state index is -0.438. The molecular formula is C21H19ClN4O4S. The highest BCUT2D eigenvalue weighted by Crippen LogP contribution is 2.30. The van der Waals surface area contributed by atoms with Crippen molar-refractivity contribution in [2.75, 3.05) is 36.4 Å². The average molecular weight is 459 g/mol. The van der Waals surface area contributed by atoms with Crippen molar-refractivity contribution in [3.8, 4) is 0 Å². The summed E-state index contributed by atoms with van der Waals surface area (Å²) in [5.41, 5.74) is 1.51. The number of carbonyl (C=O) groups is 2.